The summed E-state index contributed by atoms with van der Waals surface area (Å²) in [6, 6.07) is 9.53. The summed E-state index contributed by atoms with van der Waals surface area (Å²) in [5.41, 5.74) is 0.469. The summed E-state index contributed by atoms with van der Waals surface area (Å²) in [5.74, 6) is -1.35. The SMILES string of the molecule is COC(=O)/C=C/C(=O)N(Cc1ccccc1)CC(C)(C)C=NCC(=O)OC. The van der Waals surface area contributed by atoms with Crippen molar-refractivity contribution < 1.29 is 23.9 Å². The summed E-state index contributed by atoms with van der Waals surface area (Å²) >= 11 is 0. The molecule has 27 heavy (non-hydrogen) atoms. The van der Waals surface area contributed by atoms with Gasteiger partial charge in [-0.05, 0) is 5.56 Å². The molecule has 0 saturated heterocycles. The first-order valence-electron chi connectivity index (χ1n) is 8.44. The minimum absolute atomic E-state index is 0.0746. The van der Waals surface area contributed by atoms with Gasteiger partial charge in [0.25, 0.3) is 0 Å². The standard InChI is InChI=1S/C20H26N2O5/c1-20(2,14-21-12-19(25)27-4)15-22(13-16-8-6-5-7-9-16)17(23)10-11-18(24)26-3/h5-11,14H,12-13,15H2,1-4H3/b11-10+,21-14?. The summed E-state index contributed by atoms with van der Waals surface area (Å²) < 4.78 is 9.08. The van der Waals surface area contributed by atoms with Gasteiger partial charge in [-0.25, -0.2) is 4.79 Å². The Bertz CT molecular complexity index is 696. The fraction of sp³-hybridized carbons (Fsp3) is 0.400. The van der Waals surface area contributed by atoms with Crippen molar-refractivity contribution in [2.45, 2.75) is 20.4 Å². The van der Waals surface area contributed by atoms with Crippen LogP contribution in [-0.2, 0) is 30.4 Å². The minimum Gasteiger partial charge on any atom is -0.468 e. The van der Waals surface area contributed by atoms with Gasteiger partial charge in [0.1, 0.15) is 6.54 Å². The van der Waals surface area contributed by atoms with Crippen molar-refractivity contribution in [3.8, 4) is 0 Å². The summed E-state index contributed by atoms with van der Waals surface area (Å²) in [7, 11) is 2.55. The number of esters is 2. The zero-order chi connectivity index (χ0) is 20.3. The molecular weight excluding hydrogens is 348 g/mol. The topological polar surface area (TPSA) is 85.3 Å². The number of aliphatic imine (C=N–C) groups is 1. The maximum Gasteiger partial charge on any atom is 0.330 e. The van der Waals surface area contributed by atoms with Crippen molar-refractivity contribution in [1.82, 2.24) is 4.90 Å². The van der Waals surface area contributed by atoms with Gasteiger partial charge >= 0.3 is 11.9 Å². The number of hydrogen-bond donors (Lipinski definition) is 0. The van der Waals surface area contributed by atoms with Crippen LogP contribution < -0.4 is 0 Å². The summed E-state index contributed by atoms with van der Waals surface area (Å²) in [5, 5.41) is 0. The van der Waals surface area contributed by atoms with E-state index in [1.165, 1.54) is 20.3 Å². The van der Waals surface area contributed by atoms with Crippen LogP contribution in [0.2, 0.25) is 0 Å². The molecule has 146 valence electrons. The highest BCUT2D eigenvalue weighted by atomic mass is 16.5. The smallest absolute Gasteiger partial charge is 0.330 e. The maximum atomic E-state index is 12.6. The second kappa shape index (κ2) is 10.9. The van der Waals surface area contributed by atoms with Crippen LogP contribution in [0.25, 0.3) is 0 Å². The Morgan fingerprint density at radius 1 is 1.07 bits per heavy atom. The van der Waals surface area contributed by atoms with Crippen molar-refractivity contribution in [3.63, 3.8) is 0 Å². The van der Waals surface area contributed by atoms with E-state index in [-0.39, 0.29) is 12.5 Å². The van der Waals surface area contributed by atoms with Gasteiger partial charge in [0.2, 0.25) is 5.91 Å². The fourth-order valence-corrected chi connectivity index (χ4v) is 2.29. The third-order valence-electron chi connectivity index (χ3n) is 3.58. The van der Waals surface area contributed by atoms with E-state index in [2.05, 4.69) is 14.5 Å². The van der Waals surface area contributed by atoms with Gasteiger partial charge in [-0.1, -0.05) is 44.2 Å². The van der Waals surface area contributed by atoms with Crippen LogP contribution in [0, 0.1) is 5.41 Å². The van der Waals surface area contributed by atoms with Crippen LogP contribution in [0.1, 0.15) is 19.4 Å². The zero-order valence-corrected chi connectivity index (χ0v) is 16.2. The second-order valence-corrected chi connectivity index (χ2v) is 6.57. The molecule has 0 unspecified atom stereocenters. The van der Waals surface area contributed by atoms with E-state index in [1.54, 1.807) is 11.1 Å². The Balaban J connectivity index is 2.92. The van der Waals surface area contributed by atoms with Crippen molar-refractivity contribution in [2.75, 3.05) is 27.3 Å². The van der Waals surface area contributed by atoms with E-state index in [4.69, 9.17) is 0 Å². The molecule has 0 aliphatic rings. The van der Waals surface area contributed by atoms with E-state index in [9.17, 15) is 14.4 Å². The van der Waals surface area contributed by atoms with Crippen LogP contribution in [0.5, 0.6) is 0 Å². The lowest BCUT2D eigenvalue weighted by Crippen LogP contribution is -2.38. The first-order valence-corrected chi connectivity index (χ1v) is 8.44. The van der Waals surface area contributed by atoms with Crippen LogP contribution in [0.3, 0.4) is 0 Å². The van der Waals surface area contributed by atoms with Crippen LogP contribution in [0.15, 0.2) is 47.5 Å². The number of hydrogen-bond acceptors (Lipinski definition) is 6. The number of rotatable bonds is 9. The quantitative estimate of drug-likeness (QED) is 0.375. The van der Waals surface area contributed by atoms with Gasteiger partial charge in [0.05, 0.1) is 14.2 Å². The number of nitrogens with zero attached hydrogens (tertiary/aromatic N) is 2. The van der Waals surface area contributed by atoms with Crippen molar-refractivity contribution in [1.29, 1.82) is 0 Å². The summed E-state index contributed by atoms with van der Waals surface area (Å²) in [6.45, 7) is 4.46. The Hall–Kier alpha value is -2.96. The first-order chi connectivity index (χ1) is 12.8. The monoisotopic (exact) mass is 374 g/mol. The molecular formula is C20H26N2O5. The Kier molecular flexibility index (Phi) is 8.92. The van der Waals surface area contributed by atoms with Gasteiger partial charge in [0, 0.05) is 36.9 Å². The molecule has 7 heteroatoms. The maximum absolute atomic E-state index is 12.6. The van der Waals surface area contributed by atoms with Gasteiger partial charge in [0.15, 0.2) is 0 Å². The number of methoxy groups -OCH3 is 2. The van der Waals surface area contributed by atoms with Gasteiger partial charge in [-0.15, -0.1) is 0 Å². The summed E-state index contributed by atoms with van der Waals surface area (Å²) in [4.78, 5) is 40.8. The van der Waals surface area contributed by atoms with E-state index in [1.807, 2.05) is 44.2 Å². The number of amides is 1. The predicted octanol–water partition coefficient (Wildman–Crippen LogP) is 2.01. The molecule has 0 atom stereocenters. The van der Waals surface area contributed by atoms with Crippen molar-refractivity contribution in [3.05, 3.63) is 48.0 Å². The molecule has 0 saturated carbocycles. The van der Waals surface area contributed by atoms with E-state index in [0.717, 1.165) is 11.6 Å². The normalized spacial score (nSPS) is 11.6. The van der Waals surface area contributed by atoms with Gasteiger partial charge in [-0.2, -0.15) is 0 Å². The lowest BCUT2D eigenvalue weighted by Gasteiger charge is -2.29. The Morgan fingerprint density at radius 3 is 2.33 bits per heavy atom. The highest BCUT2D eigenvalue weighted by Gasteiger charge is 2.23. The molecule has 0 spiro atoms. The van der Waals surface area contributed by atoms with Crippen molar-refractivity contribution in [2.24, 2.45) is 10.4 Å². The fourth-order valence-electron chi connectivity index (χ4n) is 2.29. The van der Waals surface area contributed by atoms with Crippen LogP contribution in [-0.4, -0.2) is 56.3 Å². The molecule has 1 aromatic rings. The molecule has 0 aliphatic carbocycles. The highest BCUT2D eigenvalue weighted by Crippen LogP contribution is 2.17. The Labute approximate surface area is 159 Å². The second-order valence-electron chi connectivity index (χ2n) is 6.57. The summed E-state index contributed by atoms with van der Waals surface area (Å²) in [6.07, 6.45) is 3.92. The van der Waals surface area contributed by atoms with Crippen molar-refractivity contribution >= 4 is 24.1 Å². The van der Waals surface area contributed by atoms with Crippen LogP contribution in [0.4, 0.5) is 0 Å². The molecule has 1 aromatic carbocycles. The lowest BCUT2D eigenvalue weighted by molar-refractivity contribution is -0.139. The van der Waals surface area contributed by atoms with Crippen LogP contribution >= 0.6 is 0 Å². The molecule has 0 radical (unpaired) electrons. The number of ether oxygens (including phenoxy) is 2. The number of carbonyl (C=O) groups excluding carboxylic acids is 3. The molecule has 1 rings (SSSR count). The predicted molar refractivity (Wildman–Crippen MR) is 102 cm³/mol. The average Bonchev–Trinajstić information content (AvgIpc) is 2.65. The molecule has 1 amide bonds. The third kappa shape index (κ3) is 8.80. The number of carbonyl (C=O) groups is 3. The Morgan fingerprint density at radius 2 is 1.74 bits per heavy atom. The lowest BCUT2D eigenvalue weighted by atomic mass is 9.94. The van der Waals surface area contributed by atoms with E-state index >= 15 is 0 Å². The molecule has 0 aliphatic heterocycles. The first kappa shape index (κ1) is 22.1. The molecule has 0 heterocycles. The molecule has 0 aromatic heterocycles. The van der Waals surface area contributed by atoms with E-state index < -0.39 is 17.4 Å². The molecule has 0 bridgehead atoms. The molecule has 0 fully saturated rings. The molecule has 0 N–H and O–H groups in total. The zero-order valence-electron chi connectivity index (χ0n) is 16.2. The van der Waals surface area contributed by atoms with Gasteiger partial charge in [-0.3, -0.25) is 14.6 Å². The molecule has 7 nitrogen and oxygen atoms in total. The largest absolute Gasteiger partial charge is 0.468 e. The average molecular weight is 374 g/mol. The third-order valence-corrected chi connectivity index (χ3v) is 3.58. The van der Waals surface area contributed by atoms with Gasteiger partial charge < -0.3 is 14.4 Å². The highest BCUT2D eigenvalue weighted by molar-refractivity contribution is 5.94. The van der Waals surface area contributed by atoms with E-state index in [0.29, 0.717) is 13.1 Å². The number of benzene rings is 1. The minimum atomic E-state index is -0.595.